The van der Waals surface area contributed by atoms with Gasteiger partial charge >= 0.3 is 0 Å². The zero-order chi connectivity index (χ0) is 21.7. The molecule has 0 heterocycles. The van der Waals surface area contributed by atoms with Crippen molar-refractivity contribution < 1.29 is 23.7 Å². The van der Waals surface area contributed by atoms with E-state index < -0.39 is 0 Å². The fraction of sp³-hybridized carbons (Fsp3) is 0.286. The molecule has 0 saturated heterocycles. The van der Waals surface area contributed by atoms with Crippen molar-refractivity contribution in [3.8, 4) is 23.0 Å². The van der Waals surface area contributed by atoms with Gasteiger partial charge < -0.3 is 29.6 Å². The first-order valence-corrected chi connectivity index (χ1v) is 9.44. The van der Waals surface area contributed by atoms with Gasteiger partial charge in [-0.25, -0.2) is 0 Å². The monoisotopic (exact) mass is 464 g/mol. The van der Waals surface area contributed by atoms with Gasteiger partial charge in [-0.1, -0.05) is 0 Å². The smallest absolute Gasteiger partial charge is 0.207 e. The highest BCUT2D eigenvalue weighted by atomic mass is 79.9. The van der Waals surface area contributed by atoms with Crippen molar-refractivity contribution in [1.29, 1.82) is 0 Å². The van der Waals surface area contributed by atoms with E-state index in [2.05, 4.69) is 15.9 Å². The first kappa shape index (κ1) is 22.4. The van der Waals surface area contributed by atoms with Gasteiger partial charge in [0.25, 0.3) is 0 Å². The van der Waals surface area contributed by atoms with Gasteiger partial charge in [-0.2, -0.15) is 0 Å². The molecule has 0 aliphatic heterocycles. The van der Waals surface area contributed by atoms with Crippen LogP contribution in [-0.2, 0) is 0 Å². The van der Waals surface area contributed by atoms with Crippen LogP contribution in [0, 0.1) is 0 Å². The molecule has 0 atom stereocenters. The quantitative estimate of drug-likeness (QED) is 0.359. The Morgan fingerprint density at radius 1 is 0.966 bits per heavy atom. The number of rotatable bonds is 8. The maximum atomic E-state index is 12.9. The molecule has 0 aromatic heterocycles. The Bertz CT molecular complexity index is 941. The van der Waals surface area contributed by atoms with Crippen LogP contribution < -0.4 is 29.6 Å². The number of anilines is 2. The Morgan fingerprint density at radius 2 is 1.59 bits per heavy atom. The Kier molecular flexibility index (Phi) is 7.39. The van der Waals surface area contributed by atoms with E-state index in [-0.39, 0.29) is 5.78 Å². The van der Waals surface area contributed by atoms with Gasteiger partial charge in [0, 0.05) is 25.2 Å². The molecule has 0 fully saturated rings. The Labute approximate surface area is 179 Å². The topological polar surface area (TPSA) is 83.3 Å². The Hall–Kier alpha value is -2.87. The number of hydrogen-bond donors (Lipinski definition) is 1. The number of nitrogen functional groups attached to an aromatic ring is 1. The SMILES string of the molecule is COc1cc(/C=C(/Br)C(=O)c2ccc(N(C)C)c(N)c2)c(OC)c(OC)c1OC. The predicted molar refractivity (Wildman–Crippen MR) is 119 cm³/mol. The summed E-state index contributed by atoms with van der Waals surface area (Å²) < 4.78 is 22.0. The van der Waals surface area contributed by atoms with Crippen LogP contribution >= 0.6 is 15.9 Å². The Morgan fingerprint density at radius 3 is 2.07 bits per heavy atom. The third-order valence-electron chi connectivity index (χ3n) is 4.29. The van der Waals surface area contributed by atoms with Gasteiger partial charge in [-0.05, 0) is 46.3 Å². The minimum atomic E-state index is -0.224. The summed E-state index contributed by atoms with van der Waals surface area (Å²) in [7, 11) is 9.82. The molecule has 29 heavy (non-hydrogen) atoms. The highest BCUT2D eigenvalue weighted by Gasteiger charge is 2.22. The number of nitrogens with two attached hydrogens (primary N) is 1. The number of carbonyl (C=O) groups is 1. The fourth-order valence-electron chi connectivity index (χ4n) is 2.91. The lowest BCUT2D eigenvalue weighted by Gasteiger charge is -2.17. The number of ketones is 1. The highest BCUT2D eigenvalue weighted by Crippen LogP contribution is 2.47. The first-order valence-electron chi connectivity index (χ1n) is 8.64. The summed E-state index contributed by atoms with van der Waals surface area (Å²) in [4.78, 5) is 14.8. The zero-order valence-electron chi connectivity index (χ0n) is 17.3. The summed E-state index contributed by atoms with van der Waals surface area (Å²) in [6, 6.07) is 6.90. The molecule has 0 saturated carbocycles. The maximum absolute atomic E-state index is 12.9. The van der Waals surface area contributed by atoms with E-state index in [1.807, 2.05) is 25.1 Å². The van der Waals surface area contributed by atoms with Crippen molar-refractivity contribution >= 4 is 39.2 Å². The number of hydrogen-bond acceptors (Lipinski definition) is 7. The molecular weight excluding hydrogens is 440 g/mol. The average molecular weight is 465 g/mol. The molecule has 8 heteroatoms. The van der Waals surface area contributed by atoms with Crippen molar-refractivity contribution in [2.75, 3.05) is 53.2 Å². The number of methoxy groups -OCH3 is 4. The van der Waals surface area contributed by atoms with Gasteiger partial charge in [-0.3, -0.25) is 4.79 Å². The van der Waals surface area contributed by atoms with Gasteiger partial charge in [0.05, 0.1) is 44.3 Å². The lowest BCUT2D eigenvalue weighted by molar-refractivity contribution is 0.104. The second-order valence-corrected chi connectivity index (χ2v) is 7.11. The van der Waals surface area contributed by atoms with Crippen LogP contribution in [0.3, 0.4) is 0 Å². The molecule has 0 radical (unpaired) electrons. The molecule has 0 amide bonds. The summed E-state index contributed by atoms with van der Waals surface area (Å²) in [6.45, 7) is 0. The molecule has 0 aliphatic carbocycles. The zero-order valence-corrected chi connectivity index (χ0v) is 18.9. The lowest BCUT2D eigenvalue weighted by atomic mass is 10.1. The summed E-state index contributed by atoms with van der Waals surface area (Å²) in [6.07, 6.45) is 1.64. The van der Waals surface area contributed by atoms with Crippen molar-refractivity contribution in [3.05, 3.63) is 39.9 Å². The van der Waals surface area contributed by atoms with Crippen LogP contribution in [0.2, 0.25) is 0 Å². The average Bonchev–Trinajstić information content (AvgIpc) is 2.71. The fourth-order valence-corrected chi connectivity index (χ4v) is 3.39. The molecule has 2 N–H and O–H groups in total. The summed E-state index contributed by atoms with van der Waals surface area (Å²) in [5, 5.41) is 0. The molecule has 156 valence electrons. The number of benzene rings is 2. The molecule has 0 bridgehead atoms. The van der Waals surface area contributed by atoms with Crippen molar-refractivity contribution in [2.45, 2.75) is 0 Å². The van der Waals surface area contributed by atoms with Gasteiger partial charge in [0.15, 0.2) is 17.3 Å². The molecule has 0 unspecified atom stereocenters. The van der Waals surface area contributed by atoms with E-state index in [1.165, 1.54) is 28.4 Å². The van der Waals surface area contributed by atoms with Crippen LogP contribution in [-0.4, -0.2) is 48.3 Å². The van der Waals surface area contributed by atoms with E-state index in [9.17, 15) is 4.79 Å². The summed E-state index contributed by atoms with van der Waals surface area (Å²) >= 11 is 3.37. The Balaban J connectivity index is 2.53. The lowest BCUT2D eigenvalue weighted by Crippen LogP contribution is -2.12. The largest absolute Gasteiger partial charge is 0.493 e. The van der Waals surface area contributed by atoms with Crippen molar-refractivity contribution in [3.63, 3.8) is 0 Å². The highest BCUT2D eigenvalue weighted by molar-refractivity contribution is 9.12. The molecule has 0 aliphatic rings. The molecule has 2 aromatic rings. The molecule has 0 spiro atoms. The van der Waals surface area contributed by atoms with E-state index >= 15 is 0 Å². The summed E-state index contributed by atoms with van der Waals surface area (Å²) in [5.41, 5.74) is 8.48. The number of halogens is 1. The van der Waals surface area contributed by atoms with Crippen LogP contribution in [0.4, 0.5) is 11.4 Å². The molecule has 7 nitrogen and oxygen atoms in total. The van der Waals surface area contributed by atoms with Crippen molar-refractivity contribution in [1.82, 2.24) is 0 Å². The number of ether oxygens (including phenoxy) is 4. The van der Waals surface area contributed by atoms with Gasteiger partial charge in [-0.15, -0.1) is 0 Å². The third-order valence-corrected chi connectivity index (χ3v) is 4.88. The third kappa shape index (κ3) is 4.59. The standard InChI is InChI=1S/C21H25BrN2O5/c1-24(2)16-8-7-12(10-15(16)23)18(25)14(22)9-13-11-17(26-3)20(28-5)21(29-6)19(13)27-4/h7-11H,23H2,1-6H3/b14-9+. The van der Waals surface area contributed by atoms with Gasteiger partial charge in [0.1, 0.15) is 0 Å². The first-order chi connectivity index (χ1) is 13.8. The van der Waals surface area contributed by atoms with E-state index in [0.717, 1.165) is 5.69 Å². The van der Waals surface area contributed by atoms with Crippen molar-refractivity contribution in [2.24, 2.45) is 0 Å². The van der Waals surface area contributed by atoms with Crippen LogP contribution in [0.5, 0.6) is 23.0 Å². The van der Waals surface area contributed by atoms with E-state index in [0.29, 0.717) is 44.3 Å². The minimum absolute atomic E-state index is 0.224. The second-order valence-electron chi connectivity index (χ2n) is 6.26. The second kappa shape index (κ2) is 9.56. The minimum Gasteiger partial charge on any atom is -0.493 e. The number of Topliss-reactive ketones (excluding diaryl/α,β-unsaturated/α-hetero) is 1. The summed E-state index contributed by atoms with van der Waals surface area (Å²) in [5.74, 6) is 1.41. The van der Waals surface area contributed by atoms with E-state index in [4.69, 9.17) is 24.7 Å². The normalized spacial score (nSPS) is 11.1. The van der Waals surface area contributed by atoms with E-state index in [1.54, 1.807) is 24.3 Å². The van der Waals surface area contributed by atoms with Crippen LogP contribution in [0.15, 0.2) is 28.7 Å². The molecule has 2 aromatic carbocycles. The number of allylic oxidation sites excluding steroid dienone is 1. The number of carbonyl (C=O) groups excluding carboxylic acids is 1. The maximum Gasteiger partial charge on any atom is 0.207 e. The predicted octanol–water partition coefficient (Wildman–Crippen LogP) is 3.99. The van der Waals surface area contributed by atoms with Gasteiger partial charge in [0.2, 0.25) is 11.5 Å². The number of nitrogens with zero attached hydrogens (tertiary/aromatic N) is 1. The van der Waals surface area contributed by atoms with Crippen LogP contribution in [0.1, 0.15) is 15.9 Å². The molecule has 2 rings (SSSR count). The van der Waals surface area contributed by atoms with Crippen LogP contribution in [0.25, 0.3) is 6.08 Å². The molecular formula is C21H25BrN2O5.